The van der Waals surface area contributed by atoms with E-state index in [4.69, 9.17) is 5.11 Å². The molecule has 5 nitrogen and oxygen atoms in total. The number of nitrogens with zero attached hydrogens (tertiary/aromatic N) is 4. The van der Waals surface area contributed by atoms with Gasteiger partial charge in [-0.15, -0.1) is 5.10 Å². The van der Waals surface area contributed by atoms with E-state index in [1.54, 1.807) is 4.52 Å². The van der Waals surface area contributed by atoms with Crippen LogP contribution in [-0.2, 0) is 6.61 Å². The quantitative estimate of drug-likeness (QED) is 0.748. The minimum absolute atomic E-state index is 0.137. The van der Waals surface area contributed by atoms with Gasteiger partial charge in [-0.25, -0.2) is 9.50 Å². The highest BCUT2D eigenvalue weighted by Gasteiger charge is 2.24. The van der Waals surface area contributed by atoms with Crippen LogP contribution in [0.1, 0.15) is 30.1 Å². The van der Waals surface area contributed by atoms with E-state index in [2.05, 4.69) is 15.1 Å². The zero-order valence-electron chi connectivity index (χ0n) is 7.59. The SMILES string of the molecule is OCc1nc2ncc(C3CC3)cn2n1. The summed E-state index contributed by atoms with van der Waals surface area (Å²) in [6.07, 6.45) is 6.29. The lowest BCUT2D eigenvalue weighted by molar-refractivity contribution is 0.271. The molecule has 14 heavy (non-hydrogen) atoms. The summed E-state index contributed by atoms with van der Waals surface area (Å²) in [5.41, 5.74) is 1.21. The number of hydrogen-bond donors (Lipinski definition) is 1. The highest BCUT2D eigenvalue weighted by Crippen LogP contribution is 2.39. The van der Waals surface area contributed by atoms with E-state index >= 15 is 0 Å². The molecule has 1 aliphatic rings. The lowest BCUT2D eigenvalue weighted by Gasteiger charge is -1.95. The van der Waals surface area contributed by atoms with Crippen LogP contribution in [0.5, 0.6) is 0 Å². The summed E-state index contributed by atoms with van der Waals surface area (Å²) in [6, 6.07) is 0. The van der Waals surface area contributed by atoms with Crippen molar-refractivity contribution in [2.45, 2.75) is 25.4 Å². The van der Waals surface area contributed by atoms with Crippen LogP contribution >= 0.6 is 0 Å². The Balaban J connectivity index is 2.12. The minimum Gasteiger partial charge on any atom is -0.388 e. The number of aliphatic hydroxyl groups excluding tert-OH is 1. The summed E-state index contributed by atoms with van der Waals surface area (Å²) in [5, 5.41) is 13.0. The lowest BCUT2D eigenvalue weighted by atomic mass is 10.2. The molecule has 0 unspecified atom stereocenters. The Morgan fingerprint density at radius 2 is 2.36 bits per heavy atom. The summed E-state index contributed by atoms with van der Waals surface area (Å²) >= 11 is 0. The minimum atomic E-state index is -0.137. The summed E-state index contributed by atoms with van der Waals surface area (Å²) in [6.45, 7) is -0.137. The molecular formula is C9H10N4O. The largest absolute Gasteiger partial charge is 0.388 e. The smallest absolute Gasteiger partial charge is 0.252 e. The van der Waals surface area contributed by atoms with Gasteiger partial charge in [0.25, 0.3) is 5.78 Å². The highest BCUT2D eigenvalue weighted by atomic mass is 16.3. The molecule has 2 heterocycles. The van der Waals surface area contributed by atoms with Crippen molar-refractivity contribution in [1.82, 2.24) is 19.6 Å². The predicted octanol–water partition coefficient (Wildman–Crippen LogP) is 0.494. The van der Waals surface area contributed by atoms with E-state index in [1.165, 1.54) is 18.4 Å². The Morgan fingerprint density at radius 1 is 1.50 bits per heavy atom. The van der Waals surface area contributed by atoms with E-state index in [0.717, 1.165) is 0 Å². The van der Waals surface area contributed by atoms with Gasteiger partial charge in [-0.2, -0.15) is 4.98 Å². The Bertz CT molecular complexity index is 475. The molecule has 3 rings (SSSR count). The van der Waals surface area contributed by atoms with Gasteiger partial charge in [-0.3, -0.25) is 0 Å². The van der Waals surface area contributed by atoms with E-state index in [-0.39, 0.29) is 6.61 Å². The van der Waals surface area contributed by atoms with E-state index < -0.39 is 0 Å². The Labute approximate surface area is 80.4 Å². The molecule has 0 aromatic carbocycles. The maximum atomic E-state index is 8.86. The van der Waals surface area contributed by atoms with Crippen LogP contribution in [0.15, 0.2) is 12.4 Å². The van der Waals surface area contributed by atoms with E-state index in [0.29, 0.717) is 17.5 Å². The second-order valence-corrected chi connectivity index (χ2v) is 3.59. The predicted molar refractivity (Wildman–Crippen MR) is 48.7 cm³/mol. The van der Waals surface area contributed by atoms with Crippen molar-refractivity contribution in [1.29, 1.82) is 0 Å². The summed E-state index contributed by atoms with van der Waals surface area (Å²) in [7, 11) is 0. The molecule has 1 N–H and O–H groups in total. The monoisotopic (exact) mass is 190 g/mol. The first-order chi connectivity index (χ1) is 6.86. The van der Waals surface area contributed by atoms with Crippen LogP contribution in [0.2, 0.25) is 0 Å². The fraction of sp³-hybridized carbons (Fsp3) is 0.444. The first-order valence-electron chi connectivity index (χ1n) is 4.69. The molecule has 0 aliphatic heterocycles. The third kappa shape index (κ3) is 1.17. The third-order valence-corrected chi connectivity index (χ3v) is 2.45. The lowest BCUT2D eigenvalue weighted by Crippen LogP contribution is -1.93. The molecule has 1 aliphatic carbocycles. The van der Waals surface area contributed by atoms with E-state index in [1.807, 2.05) is 12.4 Å². The molecule has 1 fully saturated rings. The average molecular weight is 190 g/mol. The first-order valence-corrected chi connectivity index (χ1v) is 4.69. The summed E-state index contributed by atoms with van der Waals surface area (Å²) in [4.78, 5) is 8.23. The van der Waals surface area contributed by atoms with Crippen LogP contribution in [0.3, 0.4) is 0 Å². The van der Waals surface area contributed by atoms with Crippen LogP contribution in [0.25, 0.3) is 5.78 Å². The molecule has 0 saturated heterocycles. The standard InChI is InChI=1S/C9H10N4O/c14-5-8-11-9-10-3-7(6-1-2-6)4-13(9)12-8/h3-4,6,14H,1-2,5H2. The molecule has 72 valence electrons. The second-order valence-electron chi connectivity index (χ2n) is 3.59. The second kappa shape index (κ2) is 2.75. The van der Waals surface area contributed by atoms with Crippen molar-refractivity contribution in [3.8, 4) is 0 Å². The molecule has 0 amide bonds. The Kier molecular flexibility index (Phi) is 1.55. The van der Waals surface area contributed by atoms with Gasteiger partial charge in [0.15, 0.2) is 5.82 Å². The van der Waals surface area contributed by atoms with Crippen molar-refractivity contribution in [2.75, 3.05) is 0 Å². The van der Waals surface area contributed by atoms with Gasteiger partial charge in [0, 0.05) is 12.4 Å². The van der Waals surface area contributed by atoms with Gasteiger partial charge in [0.1, 0.15) is 6.61 Å². The number of aliphatic hydroxyl groups is 1. The fourth-order valence-corrected chi connectivity index (χ4v) is 1.53. The molecule has 0 bridgehead atoms. The van der Waals surface area contributed by atoms with Gasteiger partial charge in [0.05, 0.1) is 0 Å². The van der Waals surface area contributed by atoms with Gasteiger partial charge in [-0.1, -0.05) is 0 Å². The number of rotatable bonds is 2. The molecule has 2 aromatic heterocycles. The molecule has 2 aromatic rings. The van der Waals surface area contributed by atoms with Crippen molar-refractivity contribution >= 4 is 5.78 Å². The fourth-order valence-electron chi connectivity index (χ4n) is 1.53. The van der Waals surface area contributed by atoms with Crippen LogP contribution in [0, 0.1) is 0 Å². The molecular weight excluding hydrogens is 180 g/mol. The first kappa shape index (κ1) is 7.87. The van der Waals surface area contributed by atoms with Crippen molar-refractivity contribution < 1.29 is 5.11 Å². The molecule has 0 radical (unpaired) electrons. The molecule has 0 spiro atoms. The number of fused-ring (bicyclic) bond motifs is 1. The Morgan fingerprint density at radius 3 is 3.07 bits per heavy atom. The van der Waals surface area contributed by atoms with Crippen LogP contribution in [0.4, 0.5) is 0 Å². The van der Waals surface area contributed by atoms with Crippen LogP contribution in [-0.4, -0.2) is 24.7 Å². The maximum Gasteiger partial charge on any atom is 0.252 e. The van der Waals surface area contributed by atoms with Crippen LogP contribution < -0.4 is 0 Å². The van der Waals surface area contributed by atoms with Crippen molar-refractivity contribution in [3.05, 3.63) is 23.8 Å². The average Bonchev–Trinajstić information content (AvgIpc) is 2.97. The number of hydrogen-bond acceptors (Lipinski definition) is 4. The zero-order valence-corrected chi connectivity index (χ0v) is 7.59. The Hall–Kier alpha value is -1.49. The number of aromatic nitrogens is 4. The van der Waals surface area contributed by atoms with Gasteiger partial charge >= 0.3 is 0 Å². The van der Waals surface area contributed by atoms with Gasteiger partial charge in [0.2, 0.25) is 0 Å². The van der Waals surface area contributed by atoms with Crippen molar-refractivity contribution in [2.24, 2.45) is 0 Å². The topological polar surface area (TPSA) is 63.3 Å². The summed E-state index contributed by atoms with van der Waals surface area (Å²) < 4.78 is 1.64. The molecule has 0 atom stereocenters. The normalized spacial score (nSPS) is 16.4. The molecule has 5 heteroatoms. The highest BCUT2D eigenvalue weighted by molar-refractivity contribution is 5.30. The summed E-state index contributed by atoms with van der Waals surface area (Å²) in [5.74, 6) is 1.64. The maximum absolute atomic E-state index is 8.86. The third-order valence-electron chi connectivity index (χ3n) is 2.45. The van der Waals surface area contributed by atoms with E-state index in [9.17, 15) is 0 Å². The van der Waals surface area contributed by atoms with Gasteiger partial charge < -0.3 is 5.11 Å². The molecule has 1 saturated carbocycles. The van der Waals surface area contributed by atoms with Gasteiger partial charge in [-0.05, 0) is 24.3 Å². The zero-order chi connectivity index (χ0) is 9.54. The van der Waals surface area contributed by atoms with Crippen molar-refractivity contribution in [3.63, 3.8) is 0 Å².